The van der Waals surface area contributed by atoms with Crippen molar-refractivity contribution in [3.05, 3.63) is 57.0 Å². The van der Waals surface area contributed by atoms with E-state index in [-0.39, 0.29) is 11.8 Å². The molecule has 0 radical (unpaired) electrons. The third-order valence-corrected chi connectivity index (χ3v) is 4.41. The lowest BCUT2D eigenvalue weighted by molar-refractivity contribution is -0.116. The number of nitrogens with zero attached hydrogens (tertiary/aromatic N) is 1. The lowest BCUT2D eigenvalue weighted by atomic mass is 9.95. The van der Waals surface area contributed by atoms with Crippen molar-refractivity contribution in [3.63, 3.8) is 0 Å². The van der Waals surface area contributed by atoms with Gasteiger partial charge in [-0.25, -0.2) is 4.98 Å². The van der Waals surface area contributed by atoms with E-state index in [2.05, 4.69) is 40.1 Å². The first kappa shape index (κ1) is 16.9. The SMILES string of the molecule is CC(C)/C(=C\C(=O)NCCc1cscn1)c1ccc(Br)cc1. The average molecular weight is 379 g/mol. The molecule has 2 aromatic rings. The number of hydrogen-bond acceptors (Lipinski definition) is 3. The highest BCUT2D eigenvalue weighted by atomic mass is 79.9. The second-order valence-electron chi connectivity index (χ2n) is 5.28. The molecule has 0 saturated carbocycles. The first-order valence-corrected chi connectivity index (χ1v) is 8.92. The number of amides is 1. The minimum atomic E-state index is -0.0538. The number of benzene rings is 1. The number of aromatic nitrogens is 1. The highest BCUT2D eigenvalue weighted by molar-refractivity contribution is 9.10. The van der Waals surface area contributed by atoms with Crippen molar-refractivity contribution in [2.75, 3.05) is 6.54 Å². The molecule has 1 aromatic heterocycles. The molecule has 2 rings (SSSR count). The molecule has 1 N–H and O–H groups in total. The number of carbonyl (C=O) groups excluding carboxylic acids is 1. The summed E-state index contributed by atoms with van der Waals surface area (Å²) in [6.07, 6.45) is 2.47. The number of allylic oxidation sites excluding steroid dienone is 1. The molecule has 22 heavy (non-hydrogen) atoms. The molecular weight excluding hydrogens is 360 g/mol. The van der Waals surface area contributed by atoms with Crippen LogP contribution in [0.2, 0.25) is 0 Å². The second kappa shape index (κ2) is 8.25. The van der Waals surface area contributed by atoms with Crippen LogP contribution in [0, 0.1) is 5.92 Å². The first-order chi connectivity index (χ1) is 10.6. The van der Waals surface area contributed by atoms with Crippen molar-refractivity contribution >= 4 is 38.7 Å². The monoisotopic (exact) mass is 378 g/mol. The summed E-state index contributed by atoms with van der Waals surface area (Å²) in [6, 6.07) is 8.04. The summed E-state index contributed by atoms with van der Waals surface area (Å²) in [4.78, 5) is 16.3. The van der Waals surface area contributed by atoms with Gasteiger partial charge in [0, 0.05) is 28.9 Å². The van der Waals surface area contributed by atoms with E-state index in [1.165, 1.54) is 0 Å². The van der Waals surface area contributed by atoms with E-state index >= 15 is 0 Å². The van der Waals surface area contributed by atoms with Gasteiger partial charge < -0.3 is 5.32 Å². The summed E-state index contributed by atoms with van der Waals surface area (Å²) >= 11 is 5.00. The predicted molar refractivity (Wildman–Crippen MR) is 95.8 cm³/mol. The molecule has 3 nitrogen and oxygen atoms in total. The fraction of sp³-hybridized carbons (Fsp3) is 0.294. The third-order valence-electron chi connectivity index (χ3n) is 3.25. The smallest absolute Gasteiger partial charge is 0.244 e. The Hall–Kier alpha value is -1.46. The van der Waals surface area contributed by atoms with Gasteiger partial charge in [0.1, 0.15) is 0 Å². The third kappa shape index (κ3) is 5.07. The number of rotatable bonds is 6. The maximum absolute atomic E-state index is 12.1. The minimum Gasteiger partial charge on any atom is -0.352 e. The van der Waals surface area contributed by atoms with Crippen molar-refractivity contribution in [2.24, 2.45) is 5.92 Å². The number of carbonyl (C=O) groups is 1. The number of nitrogens with one attached hydrogen (secondary N) is 1. The van der Waals surface area contributed by atoms with Crippen molar-refractivity contribution in [1.29, 1.82) is 0 Å². The Morgan fingerprint density at radius 2 is 2.09 bits per heavy atom. The number of halogens is 1. The predicted octanol–water partition coefficient (Wildman–Crippen LogP) is 4.30. The zero-order valence-corrected chi connectivity index (χ0v) is 15.1. The van der Waals surface area contributed by atoms with Crippen LogP contribution in [0.5, 0.6) is 0 Å². The van der Waals surface area contributed by atoms with E-state index in [0.29, 0.717) is 6.54 Å². The number of hydrogen-bond donors (Lipinski definition) is 1. The van der Waals surface area contributed by atoms with E-state index in [0.717, 1.165) is 27.7 Å². The van der Waals surface area contributed by atoms with Gasteiger partial charge in [-0.3, -0.25) is 4.79 Å². The van der Waals surface area contributed by atoms with Gasteiger partial charge in [-0.15, -0.1) is 11.3 Å². The Balaban J connectivity index is 1.99. The maximum Gasteiger partial charge on any atom is 0.244 e. The summed E-state index contributed by atoms with van der Waals surface area (Å²) in [5.41, 5.74) is 4.94. The van der Waals surface area contributed by atoms with Gasteiger partial charge >= 0.3 is 0 Å². The largest absolute Gasteiger partial charge is 0.352 e. The van der Waals surface area contributed by atoms with Gasteiger partial charge in [0.25, 0.3) is 0 Å². The summed E-state index contributed by atoms with van der Waals surface area (Å²) < 4.78 is 1.03. The Bertz CT molecular complexity index is 633. The van der Waals surface area contributed by atoms with Crippen molar-refractivity contribution < 1.29 is 4.79 Å². The molecule has 1 amide bonds. The second-order valence-corrected chi connectivity index (χ2v) is 6.92. The molecule has 0 aliphatic heterocycles. The summed E-state index contributed by atoms with van der Waals surface area (Å²) in [7, 11) is 0. The Kier molecular flexibility index (Phi) is 6.34. The van der Waals surface area contributed by atoms with E-state index < -0.39 is 0 Å². The molecule has 0 fully saturated rings. The zero-order valence-electron chi connectivity index (χ0n) is 12.7. The van der Waals surface area contributed by atoms with Crippen LogP contribution in [0.15, 0.2) is 45.7 Å². The summed E-state index contributed by atoms with van der Waals surface area (Å²) in [5.74, 6) is 0.229. The van der Waals surface area contributed by atoms with E-state index in [9.17, 15) is 4.79 Å². The molecule has 0 spiro atoms. The fourth-order valence-electron chi connectivity index (χ4n) is 2.09. The number of thiazole rings is 1. The van der Waals surface area contributed by atoms with Gasteiger partial charge in [0.15, 0.2) is 0 Å². The fourth-order valence-corrected chi connectivity index (χ4v) is 2.95. The van der Waals surface area contributed by atoms with Crippen LogP contribution < -0.4 is 5.32 Å². The highest BCUT2D eigenvalue weighted by Crippen LogP contribution is 2.24. The van der Waals surface area contributed by atoms with Crippen molar-refractivity contribution in [3.8, 4) is 0 Å². The van der Waals surface area contributed by atoms with E-state index in [4.69, 9.17) is 0 Å². The normalized spacial score (nSPS) is 11.7. The van der Waals surface area contributed by atoms with Gasteiger partial charge in [-0.1, -0.05) is 41.9 Å². The van der Waals surface area contributed by atoms with Crippen molar-refractivity contribution in [2.45, 2.75) is 20.3 Å². The lowest BCUT2D eigenvalue weighted by Crippen LogP contribution is -2.24. The van der Waals surface area contributed by atoms with Gasteiger partial charge in [0.05, 0.1) is 11.2 Å². The van der Waals surface area contributed by atoms with Crippen LogP contribution in [0.1, 0.15) is 25.1 Å². The molecule has 116 valence electrons. The topological polar surface area (TPSA) is 42.0 Å². The molecular formula is C17H19BrN2OS. The standard InChI is InChI=1S/C17H19BrN2OS/c1-12(2)16(13-3-5-14(18)6-4-13)9-17(21)19-8-7-15-10-22-11-20-15/h3-6,9-12H,7-8H2,1-2H3,(H,19,21)/b16-9+. The first-order valence-electron chi connectivity index (χ1n) is 7.18. The minimum absolute atomic E-state index is 0.0538. The maximum atomic E-state index is 12.1. The van der Waals surface area contributed by atoms with Crippen molar-refractivity contribution in [1.82, 2.24) is 10.3 Å². The summed E-state index contributed by atoms with van der Waals surface area (Å²) in [5, 5.41) is 4.93. The van der Waals surface area contributed by atoms with Crippen LogP contribution >= 0.6 is 27.3 Å². The van der Waals surface area contributed by atoms with E-state index in [1.807, 2.05) is 35.2 Å². The molecule has 0 aliphatic rings. The summed E-state index contributed by atoms with van der Waals surface area (Å²) in [6.45, 7) is 4.79. The quantitative estimate of drug-likeness (QED) is 0.761. The van der Waals surface area contributed by atoms with Crippen LogP contribution in [-0.4, -0.2) is 17.4 Å². The van der Waals surface area contributed by atoms with Gasteiger partial charge in [0.2, 0.25) is 5.91 Å². The zero-order chi connectivity index (χ0) is 15.9. The van der Waals surface area contributed by atoms with Gasteiger partial charge in [-0.05, 0) is 29.2 Å². The molecule has 0 atom stereocenters. The Morgan fingerprint density at radius 3 is 2.68 bits per heavy atom. The van der Waals surface area contributed by atoms with Crippen LogP contribution in [0.3, 0.4) is 0 Å². The molecule has 0 bridgehead atoms. The lowest BCUT2D eigenvalue weighted by Gasteiger charge is -2.12. The molecule has 1 heterocycles. The Labute approximate surface area is 143 Å². The Morgan fingerprint density at radius 1 is 1.36 bits per heavy atom. The van der Waals surface area contributed by atoms with E-state index in [1.54, 1.807) is 17.4 Å². The molecule has 5 heteroatoms. The molecule has 0 aliphatic carbocycles. The van der Waals surface area contributed by atoms with Crippen LogP contribution in [0.4, 0.5) is 0 Å². The van der Waals surface area contributed by atoms with Gasteiger partial charge in [-0.2, -0.15) is 0 Å². The van der Waals surface area contributed by atoms with Crippen LogP contribution in [0.25, 0.3) is 5.57 Å². The molecule has 1 aromatic carbocycles. The molecule has 0 unspecified atom stereocenters. The average Bonchev–Trinajstić information content (AvgIpc) is 2.99. The molecule has 0 saturated heterocycles. The van der Waals surface area contributed by atoms with Crippen LogP contribution in [-0.2, 0) is 11.2 Å². The highest BCUT2D eigenvalue weighted by Gasteiger charge is 2.09.